The Kier molecular flexibility index (Phi) is 6.13. The Morgan fingerprint density at radius 2 is 1.93 bits per heavy atom. The third-order valence-corrected chi connectivity index (χ3v) is 6.17. The van der Waals surface area contributed by atoms with Crippen molar-refractivity contribution in [2.75, 3.05) is 20.3 Å². The van der Waals surface area contributed by atoms with Gasteiger partial charge in [0.05, 0.1) is 4.91 Å². The van der Waals surface area contributed by atoms with Crippen molar-refractivity contribution in [3.63, 3.8) is 0 Å². The highest BCUT2D eigenvalue weighted by atomic mass is 32.2. The number of para-hydroxylation sites is 1. The molecule has 2 aliphatic rings. The molecule has 2 aromatic rings. The van der Waals surface area contributed by atoms with E-state index in [0.29, 0.717) is 22.4 Å². The van der Waals surface area contributed by atoms with Crippen LogP contribution in [-0.2, 0) is 9.53 Å². The third-order valence-electron chi connectivity index (χ3n) is 4.79. The van der Waals surface area contributed by atoms with E-state index < -0.39 is 0 Å². The summed E-state index contributed by atoms with van der Waals surface area (Å²) < 4.78 is 12.0. The number of ether oxygens (including phenoxy) is 2. The maximum absolute atomic E-state index is 12.9. The lowest BCUT2D eigenvalue weighted by Crippen LogP contribution is -2.29. The second-order valence-electron chi connectivity index (χ2n) is 6.77. The van der Waals surface area contributed by atoms with Gasteiger partial charge in [-0.2, -0.15) is 0 Å². The van der Waals surface area contributed by atoms with Crippen LogP contribution in [0.2, 0.25) is 0 Å². The Hall–Kier alpha value is -2.41. The molecular formula is C23H21NO3S2. The van der Waals surface area contributed by atoms with Crippen LogP contribution in [-0.4, -0.2) is 35.4 Å². The molecule has 6 heteroatoms. The van der Waals surface area contributed by atoms with Gasteiger partial charge in [0.1, 0.15) is 16.2 Å². The Labute approximate surface area is 180 Å². The molecular weight excluding hydrogens is 402 g/mol. The van der Waals surface area contributed by atoms with Crippen molar-refractivity contribution in [1.82, 2.24) is 4.90 Å². The smallest absolute Gasteiger partial charge is 0.266 e. The molecule has 0 bridgehead atoms. The molecule has 1 saturated heterocycles. The summed E-state index contributed by atoms with van der Waals surface area (Å²) in [6.45, 7) is 1.16. The van der Waals surface area contributed by atoms with Gasteiger partial charge in [0, 0.05) is 25.8 Å². The van der Waals surface area contributed by atoms with Crippen LogP contribution in [0.25, 0.3) is 6.08 Å². The zero-order valence-electron chi connectivity index (χ0n) is 16.0. The van der Waals surface area contributed by atoms with Gasteiger partial charge in [-0.1, -0.05) is 72.5 Å². The van der Waals surface area contributed by atoms with Crippen LogP contribution in [0.15, 0.2) is 71.2 Å². The molecule has 1 unspecified atom stereocenters. The number of methoxy groups -OCH3 is 1. The monoisotopic (exact) mass is 423 g/mol. The number of hydrogen-bond donors (Lipinski definition) is 0. The summed E-state index contributed by atoms with van der Waals surface area (Å²) >= 11 is 6.78. The Bertz CT molecular complexity index is 985. The first-order valence-corrected chi connectivity index (χ1v) is 10.7. The third kappa shape index (κ3) is 4.29. The number of fused-ring (bicyclic) bond motifs is 1. The van der Waals surface area contributed by atoms with Gasteiger partial charge in [0.2, 0.25) is 0 Å². The Morgan fingerprint density at radius 3 is 2.72 bits per heavy atom. The summed E-state index contributed by atoms with van der Waals surface area (Å²) in [5.41, 5.74) is 2.98. The number of thiocarbonyl (C=S) groups is 1. The lowest BCUT2D eigenvalue weighted by atomic mass is 9.95. The molecule has 4 nitrogen and oxygen atoms in total. The standard InChI is InChI=1S/C23H21NO3S2/c1-26-13-7-12-24-22(25)20(29-23(24)28)15-18-14-17-10-5-6-11-19(17)27-21(18)16-8-3-2-4-9-16/h2-6,8-11,14-15,21H,7,12-13H2,1H3/b20-15-. The minimum absolute atomic E-state index is 0.0531. The summed E-state index contributed by atoms with van der Waals surface area (Å²) in [6.07, 6.45) is 4.49. The fourth-order valence-electron chi connectivity index (χ4n) is 3.37. The summed E-state index contributed by atoms with van der Waals surface area (Å²) in [4.78, 5) is 15.2. The van der Waals surface area contributed by atoms with Crippen LogP contribution in [0.5, 0.6) is 5.75 Å². The fourth-order valence-corrected chi connectivity index (χ4v) is 4.68. The minimum Gasteiger partial charge on any atom is -0.480 e. The summed E-state index contributed by atoms with van der Waals surface area (Å²) in [6, 6.07) is 18.0. The lowest BCUT2D eigenvalue weighted by Gasteiger charge is -2.26. The summed E-state index contributed by atoms with van der Waals surface area (Å²) in [5.74, 6) is 0.785. The average Bonchev–Trinajstić information content (AvgIpc) is 3.01. The van der Waals surface area contributed by atoms with Gasteiger partial charge in [0.15, 0.2) is 0 Å². The molecule has 0 N–H and O–H groups in total. The second-order valence-corrected chi connectivity index (χ2v) is 8.45. The highest BCUT2D eigenvalue weighted by Gasteiger charge is 2.33. The second kappa shape index (κ2) is 8.95. The van der Waals surface area contributed by atoms with Gasteiger partial charge in [0.25, 0.3) is 5.91 Å². The zero-order chi connectivity index (χ0) is 20.2. The topological polar surface area (TPSA) is 38.8 Å². The molecule has 1 fully saturated rings. The van der Waals surface area contributed by atoms with Crippen LogP contribution in [0, 0.1) is 0 Å². The van der Waals surface area contributed by atoms with Crippen molar-refractivity contribution in [3.8, 4) is 5.75 Å². The predicted molar refractivity (Wildman–Crippen MR) is 121 cm³/mol. The Balaban J connectivity index is 1.66. The largest absolute Gasteiger partial charge is 0.480 e. The molecule has 0 radical (unpaired) electrons. The number of thioether (sulfide) groups is 1. The maximum atomic E-state index is 12.9. The van der Waals surface area contributed by atoms with Crippen molar-refractivity contribution >= 4 is 40.3 Å². The van der Waals surface area contributed by atoms with Gasteiger partial charge in [-0.15, -0.1) is 0 Å². The SMILES string of the molecule is COCCCN1C(=O)/C(=C/C2=Cc3ccccc3OC2c2ccccc2)SC1=S. The van der Waals surface area contributed by atoms with Crippen LogP contribution in [0.1, 0.15) is 23.7 Å². The molecule has 148 valence electrons. The van der Waals surface area contributed by atoms with Crippen molar-refractivity contribution < 1.29 is 14.3 Å². The van der Waals surface area contributed by atoms with Gasteiger partial charge in [-0.25, -0.2) is 0 Å². The van der Waals surface area contributed by atoms with Gasteiger partial charge in [-0.05, 0) is 35.8 Å². The lowest BCUT2D eigenvalue weighted by molar-refractivity contribution is -0.122. The number of nitrogens with zero attached hydrogens (tertiary/aromatic N) is 1. The van der Waals surface area contributed by atoms with Gasteiger partial charge >= 0.3 is 0 Å². The van der Waals surface area contributed by atoms with E-state index in [9.17, 15) is 4.79 Å². The van der Waals surface area contributed by atoms with Crippen molar-refractivity contribution in [2.24, 2.45) is 0 Å². The molecule has 4 rings (SSSR count). The van der Waals surface area contributed by atoms with Crippen LogP contribution >= 0.6 is 24.0 Å². The van der Waals surface area contributed by atoms with Gasteiger partial charge in [-0.3, -0.25) is 9.69 Å². The Morgan fingerprint density at radius 1 is 1.17 bits per heavy atom. The molecule has 0 aliphatic carbocycles. The highest BCUT2D eigenvalue weighted by molar-refractivity contribution is 8.26. The minimum atomic E-state index is -0.275. The molecule has 0 spiro atoms. The molecule has 2 heterocycles. The molecule has 0 aromatic heterocycles. The van der Waals surface area contributed by atoms with E-state index in [4.69, 9.17) is 21.7 Å². The number of carbonyl (C=O) groups excluding carboxylic acids is 1. The van der Waals surface area contributed by atoms with Crippen LogP contribution < -0.4 is 4.74 Å². The van der Waals surface area contributed by atoms with Crippen molar-refractivity contribution in [3.05, 3.63) is 82.3 Å². The van der Waals surface area contributed by atoms with E-state index >= 15 is 0 Å². The first-order valence-electron chi connectivity index (χ1n) is 9.44. The number of hydrogen-bond acceptors (Lipinski definition) is 5. The molecule has 2 aromatic carbocycles. The average molecular weight is 424 g/mol. The zero-order valence-corrected chi connectivity index (χ0v) is 17.7. The van der Waals surface area contributed by atoms with E-state index in [-0.39, 0.29) is 12.0 Å². The first kappa shape index (κ1) is 19.9. The number of rotatable bonds is 6. The molecule has 1 atom stereocenters. The normalized spacial score (nSPS) is 19.9. The highest BCUT2D eigenvalue weighted by Crippen LogP contribution is 2.40. The maximum Gasteiger partial charge on any atom is 0.266 e. The van der Waals surface area contributed by atoms with E-state index in [1.54, 1.807) is 12.0 Å². The van der Waals surface area contributed by atoms with Crippen molar-refractivity contribution in [2.45, 2.75) is 12.5 Å². The fraction of sp³-hybridized carbons (Fsp3) is 0.217. The van der Waals surface area contributed by atoms with Crippen LogP contribution in [0.4, 0.5) is 0 Å². The quantitative estimate of drug-likeness (QED) is 0.372. The van der Waals surface area contributed by atoms with E-state index in [1.807, 2.05) is 60.7 Å². The van der Waals surface area contributed by atoms with Crippen LogP contribution in [0.3, 0.4) is 0 Å². The van der Waals surface area contributed by atoms with E-state index in [1.165, 1.54) is 11.8 Å². The number of carbonyl (C=O) groups is 1. The molecule has 29 heavy (non-hydrogen) atoms. The summed E-state index contributed by atoms with van der Waals surface area (Å²) in [7, 11) is 1.65. The van der Waals surface area contributed by atoms with E-state index in [2.05, 4.69) is 6.08 Å². The first-order chi connectivity index (χ1) is 14.2. The van der Waals surface area contributed by atoms with E-state index in [0.717, 1.165) is 28.9 Å². The van der Waals surface area contributed by atoms with Crippen molar-refractivity contribution in [1.29, 1.82) is 0 Å². The molecule has 0 saturated carbocycles. The van der Waals surface area contributed by atoms with Gasteiger partial charge < -0.3 is 9.47 Å². The number of benzene rings is 2. The summed E-state index contributed by atoms with van der Waals surface area (Å²) in [5, 5.41) is 0. The predicted octanol–water partition coefficient (Wildman–Crippen LogP) is 4.98. The molecule has 1 amide bonds. The number of amides is 1. The molecule has 2 aliphatic heterocycles.